The van der Waals surface area contributed by atoms with Gasteiger partial charge in [0.15, 0.2) is 17.0 Å². The third-order valence-electron chi connectivity index (χ3n) is 7.45. The lowest BCUT2D eigenvalue weighted by Crippen LogP contribution is -2.33. The molecule has 208 valence electrons. The summed E-state index contributed by atoms with van der Waals surface area (Å²) in [5.74, 6) is -0.0280. The van der Waals surface area contributed by atoms with Crippen molar-refractivity contribution in [1.82, 2.24) is 19.5 Å². The maximum atomic E-state index is 12.8. The van der Waals surface area contributed by atoms with E-state index in [0.717, 1.165) is 11.1 Å². The molecule has 41 heavy (non-hydrogen) atoms. The number of hydrogen-bond donors (Lipinski definition) is 2. The smallest absolute Gasteiger partial charge is 0.256 e. The van der Waals surface area contributed by atoms with Gasteiger partial charge in [-0.25, -0.2) is 15.0 Å². The van der Waals surface area contributed by atoms with Gasteiger partial charge in [0.25, 0.3) is 5.91 Å². The molecule has 6 rings (SSSR count). The Morgan fingerprint density at radius 3 is 2.24 bits per heavy atom. The Kier molecular flexibility index (Phi) is 8.09. The highest BCUT2D eigenvalue weighted by atomic mass is 16.5. The highest BCUT2D eigenvalue weighted by Crippen LogP contribution is 2.39. The van der Waals surface area contributed by atoms with Crippen molar-refractivity contribution in [2.75, 3.05) is 11.9 Å². The summed E-state index contributed by atoms with van der Waals surface area (Å²) < 4.78 is 14.3. The van der Waals surface area contributed by atoms with Crippen LogP contribution in [-0.2, 0) is 22.7 Å². The molecule has 1 saturated carbocycles. The summed E-state index contributed by atoms with van der Waals surface area (Å²) in [6.45, 7) is 1.30. The molecule has 5 aromatic rings. The van der Waals surface area contributed by atoms with Crippen LogP contribution in [0.5, 0.6) is 0 Å². The molecule has 0 saturated heterocycles. The lowest BCUT2D eigenvalue weighted by molar-refractivity contribution is -0.0713. The van der Waals surface area contributed by atoms with Crippen molar-refractivity contribution in [3.8, 4) is 0 Å². The predicted molar refractivity (Wildman–Crippen MR) is 154 cm³/mol. The predicted octanol–water partition coefficient (Wildman–Crippen LogP) is 4.80. The largest absolute Gasteiger partial charge is 0.388 e. The highest BCUT2D eigenvalue weighted by molar-refractivity contribution is 6.06. The van der Waals surface area contributed by atoms with Gasteiger partial charge in [-0.1, -0.05) is 78.9 Å². The number of amides is 1. The molecular weight excluding hydrogens is 518 g/mol. The molecule has 9 nitrogen and oxygen atoms in total. The van der Waals surface area contributed by atoms with Crippen molar-refractivity contribution >= 4 is 22.9 Å². The second-order valence-corrected chi connectivity index (χ2v) is 10.2. The SMILES string of the molecule is O=C(Nc1ncnc2c1ncn2[C@@H]1C[C@H](COCc2ccccc2)[C@@H](OCc2ccccc2)[C@H]1O)c1ccccc1. The summed E-state index contributed by atoms with van der Waals surface area (Å²) in [4.78, 5) is 26.0. The number of rotatable bonds is 10. The van der Waals surface area contributed by atoms with Crippen LogP contribution in [-0.4, -0.2) is 49.3 Å². The van der Waals surface area contributed by atoms with Gasteiger partial charge in [-0.15, -0.1) is 0 Å². The van der Waals surface area contributed by atoms with Gasteiger partial charge in [0, 0.05) is 11.5 Å². The molecule has 1 amide bonds. The Morgan fingerprint density at radius 1 is 0.878 bits per heavy atom. The first kappa shape index (κ1) is 26.8. The number of nitrogens with one attached hydrogen (secondary N) is 1. The van der Waals surface area contributed by atoms with Gasteiger partial charge in [0.05, 0.1) is 38.3 Å². The first-order valence-electron chi connectivity index (χ1n) is 13.7. The molecular formula is C32H31N5O4. The van der Waals surface area contributed by atoms with E-state index in [4.69, 9.17) is 9.47 Å². The van der Waals surface area contributed by atoms with Crippen molar-refractivity contribution in [1.29, 1.82) is 0 Å². The minimum absolute atomic E-state index is 0.0565. The number of nitrogens with zero attached hydrogens (tertiary/aromatic N) is 4. The third kappa shape index (κ3) is 6.02. The zero-order valence-electron chi connectivity index (χ0n) is 22.4. The fourth-order valence-electron chi connectivity index (χ4n) is 5.38. The number of aliphatic hydroxyl groups excluding tert-OH is 1. The van der Waals surface area contributed by atoms with Crippen LogP contribution in [0.3, 0.4) is 0 Å². The number of carbonyl (C=O) groups is 1. The van der Waals surface area contributed by atoms with E-state index in [0.29, 0.717) is 48.8 Å². The molecule has 3 aromatic carbocycles. The van der Waals surface area contributed by atoms with Crippen molar-refractivity contribution in [3.05, 3.63) is 120 Å². The van der Waals surface area contributed by atoms with Gasteiger partial charge in [0.1, 0.15) is 12.4 Å². The van der Waals surface area contributed by atoms with E-state index in [2.05, 4.69) is 20.3 Å². The zero-order chi connectivity index (χ0) is 28.0. The first-order chi connectivity index (χ1) is 20.2. The van der Waals surface area contributed by atoms with Gasteiger partial charge in [-0.3, -0.25) is 4.79 Å². The van der Waals surface area contributed by atoms with Crippen molar-refractivity contribution in [2.45, 2.75) is 37.9 Å². The topological polar surface area (TPSA) is 111 Å². The maximum absolute atomic E-state index is 12.8. The lowest BCUT2D eigenvalue weighted by atomic mass is 10.1. The quantitative estimate of drug-likeness (QED) is 0.257. The summed E-state index contributed by atoms with van der Waals surface area (Å²) in [7, 11) is 0. The monoisotopic (exact) mass is 549 g/mol. The molecule has 0 aliphatic heterocycles. The molecule has 9 heteroatoms. The molecule has 0 radical (unpaired) electrons. The average molecular weight is 550 g/mol. The number of ether oxygens (including phenoxy) is 2. The normalized spacial score (nSPS) is 20.3. The number of benzene rings is 3. The number of carbonyl (C=O) groups excluding carboxylic acids is 1. The third-order valence-corrected chi connectivity index (χ3v) is 7.45. The maximum Gasteiger partial charge on any atom is 0.256 e. The number of aromatic nitrogens is 4. The Morgan fingerprint density at radius 2 is 1.54 bits per heavy atom. The molecule has 0 bridgehead atoms. The molecule has 1 aliphatic rings. The average Bonchev–Trinajstić information content (AvgIpc) is 3.58. The Balaban J connectivity index is 1.22. The zero-order valence-corrected chi connectivity index (χ0v) is 22.4. The molecule has 1 aliphatic carbocycles. The molecule has 2 heterocycles. The van der Waals surface area contributed by atoms with Gasteiger partial charge >= 0.3 is 0 Å². The Hall–Kier alpha value is -4.44. The fraction of sp³-hybridized carbons (Fsp3) is 0.250. The van der Waals surface area contributed by atoms with E-state index >= 15 is 0 Å². The van der Waals surface area contributed by atoms with E-state index < -0.39 is 12.2 Å². The van der Waals surface area contributed by atoms with Crippen molar-refractivity contribution < 1.29 is 19.4 Å². The Bertz CT molecular complexity index is 1580. The molecule has 4 atom stereocenters. The van der Waals surface area contributed by atoms with Crippen LogP contribution >= 0.6 is 0 Å². The van der Waals surface area contributed by atoms with Gasteiger partial charge in [-0.2, -0.15) is 0 Å². The molecule has 1 fully saturated rings. The number of fused-ring (bicyclic) bond motifs is 1. The van der Waals surface area contributed by atoms with Crippen molar-refractivity contribution in [2.24, 2.45) is 5.92 Å². The van der Waals surface area contributed by atoms with Crippen LogP contribution < -0.4 is 5.32 Å². The van der Waals surface area contributed by atoms with Crippen LogP contribution in [0, 0.1) is 5.92 Å². The summed E-state index contributed by atoms with van der Waals surface area (Å²) in [5.41, 5.74) is 3.62. The summed E-state index contributed by atoms with van der Waals surface area (Å²) in [5, 5.41) is 14.4. The van der Waals surface area contributed by atoms with Crippen LogP contribution in [0.4, 0.5) is 5.82 Å². The summed E-state index contributed by atoms with van der Waals surface area (Å²) in [6, 6.07) is 28.5. The van der Waals surface area contributed by atoms with Crippen molar-refractivity contribution in [3.63, 3.8) is 0 Å². The molecule has 2 aromatic heterocycles. The number of aliphatic hydroxyl groups is 1. The number of imidazole rings is 1. The molecule has 2 N–H and O–H groups in total. The van der Waals surface area contributed by atoms with E-state index in [9.17, 15) is 9.90 Å². The van der Waals surface area contributed by atoms with E-state index in [1.165, 1.54) is 6.33 Å². The standard InChI is InChI=1S/C32H31N5O4/c38-28-26(37-21-35-27-30(33-20-34-31(27)37)36-32(39)24-14-8-3-9-15-24)16-25(19-40-17-22-10-4-1-5-11-22)29(28)41-18-23-12-6-2-7-13-23/h1-15,20-21,25-26,28-29,38H,16-19H2,(H,33,34,36,39)/t25-,26-,28+,29-/m1/s1. The Labute approximate surface area is 237 Å². The van der Waals surface area contributed by atoms with Gasteiger partial charge in [0.2, 0.25) is 0 Å². The fourth-order valence-corrected chi connectivity index (χ4v) is 5.38. The minimum Gasteiger partial charge on any atom is -0.388 e. The van der Waals surface area contributed by atoms with E-state index in [1.807, 2.05) is 71.3 Å². The summed E-state index contributed by atoms with van der Waals surface area (Å²) in [6.07, 6.45) is 2.38. The number of anilines is 1. The van der Waals surface area contributed by atoms with Crippen LogP contribution in [0.15, 0.2) is 104 Å². The summed E-state index contributed by atoms with van der Waals surface area (Å²) >= 11 is 0. The van der Waals surface area contributed by atoms with E-state index in [-0.39, 0.29) is 17.9 Å². The molecule has 0 unspecified atom stereocenters. The second kappa shape index (κ2) is 12.4. The van der Waals surface area contributed by atoms with Gasteiger partial charge < -0.3 is 24.5 Å². The van der Waals surface area contributed by atoms with Crippen LogP contribution in [0.2, 0.25) is 0 Å². The second-order valence-electron chi connectivity index (χ2n) is 10.2. The van der Waals surface area contributed by atoms with Crippen LogP contribution in [0.25, 0.3) is 11.2 Å². The number of hydrogen-bond acceptors (Lipinski definition) is 7. The van der Waals surface area contributed by atoms with E-state index in [1.54, 1.807) is 30.6 Å². The first-order valence-corrected chi connectivity index (χ1v) is 13.7. The highest BCUT2D eigenvalue weighted by Gasteiger charge is 2.45. The van der Waals surface area contributed by atoms with Crippen LogP contribution in [0.1, 0.15) is 33.9 Å². The lowest BCUT2D eigenvalue weighted by Gasteiger charge is -2.24. The van der Waals surface area contributed by atoms with Gasteiger partial charge in [-0.05, 0) is 29.7 Å². The molecule has 0 spiro atoms. The minimum atomic E-state index is -0.821.